The highest BCUT2D eigenvalue weighted by Crippen LogP contribution is 2.35. The number of hydrogen-bond donors (Lipinski definition) is 1. The summed E-state index contributed by atoms with van der Waals surface area (Å²) in [5.74, 6) is -0.249. The van der Waals surface area contributed by atoms with E-state index in [1.807, 2.05) is 6.92 Å². The number of carbonyl (C=O) groups excluding carboxylic acids is 2. The zero-order valence-electron chi connectivity index (χ0n) is 21.3. The lowest BCUT2D eigenvalue weighted by Gasteiger charge is -2.33. The average molecular weight is 593 g/mol. The fourth-order valence-electron chi connectivity index (χ4n) is 3.65. The second-order valence-corrected chi connectivity index (χ2v) is 11.6. The molecule has 0 heterocycles. The molecule has 37 heavy (non-hydrogen) atoms. The average Bonchev–Trinajstić information content (AvgIpc) is 2.84. The molecule has 0 fully saturated rings. The Kier molecular flexibility index (Phi) is 11.8. The van der Waals surface area contributed by atoms with Crippen LogP contribution in [0.5, 0.6) is 5.75 Å². The highest BCUT2D eigenvalue weighted by atomic mass is 35.5. The first-order chi connectivity index (χ1) is 17.4. The van der Waals surface area contributed by atoms with Crippen LogP contribution in [-0.2, 0) is 26.2 Å². The normalized spacial score (nSPS) is 12.1. The van der Waals surface area contributed by atoms with Crippen molar-refractivity contribution in [2.75, 3.05) is 30.8 Å². The molecule has 0 aliphatic rings. The van der Waals surface area contributed by atoms with Crippen LogP contribution in [0.4, 0.5) is 5.69 Å². The van der Waals surface area contributed by atoms with Gasteiger partial charge in [0, 0.05) is 13.1 Å². The first-order valence-electron chi connectivity index (χ1n) is 11.7. The second kappa shape index (κ2) is 14.1. The molecule has 0 spiro atoms. The van der Waals surface area contributed by atoms with Gasteiger partial charge in [0.1, 0.15) is 18.3 Å². The summed E-state index contributed by atoms with van der Waals surface area (Å²) in [6.45, 7) is 3.77. The summed E-state index contributed by atoms with van der Waals surface area (Å²) in [5.41, 5.74) is 0.754. The minimum absolute atomic E-state index is 0.0109. The van der Waals surface area contributed by atoms with Crippen molar-refractivity contribution < 1.29 is 22.7 Å². The van der Waals surface area contributed by atoms with Crippen molar-refractivity contribution in [3.05, 3.63) is 57.0 Å². The third kappa shape index (κ3) is 8.67. The topological polar surface area (TPSA) is 96.0 Å². The molecule has 0 bridgehead atoms. The minimum atomic E-state index is -3.97. The molecule has 204 valence electrons. The first kappa shape index (κ1) is 31.0. The van der Waals surface area contributed by atoms with Gasteiger partial charge in [-0.25, -0.2) is 8.42 Å². The van der Waals surface area contributed by atoms with Crippen LogP contribution in [0.3, 0.4) is 0 Å². The number of amides is 2. The SMILES string of the molecule is CCCCNC(=O)C(CC)N(Cc1ccc(OC)cc1)C(=O)CN(c1cc(Cl)c(Cl)cc1Cl)S(C)(=O)=O. The van der Waals surface area contributed by atoms with E-state index in [1.54, 1.807) is 38.3 Å². The summed E-state index contributed by atoms with van der Waals surface area (Å²) in [6.07, 6.45) is 2.99. The maximum Gasteiger partial charge on any atom is 0.244 e. The number of anilines is 1. The van der Waals surface area contributed by atoms with E-state index in [4.69, 9.17) is 39.5 Å². The Morgan fingerprint density at radius 3 is 2.19 bits per heavy atom. The maximum absolute atomic E-state index is 13.7. The van der Waals surface area contributed by atoms with Crippen LogP contribution in [0.2, 0.25) is 15.1 Å². The van der Waals surface area contributed by atoms with Crippen LogP contribution in [0.25, 0.3) is 0 Å². The fraction of sp³-hybridized carbons (Fsp3) is 0.440. The van der Waals surface area contributed by atoms with E-state index in [-0.39, 0.29) is 33.2 Å². The van der Waals surface area contributed by atoms with Gasteiger partial charge < -0.3 is 15.0 Å². The maximum atomic E-state index is 13.7. The Hall–Kier alpha value is -2.20. The smallest absolute Gasteiger partial charge is 0.244 e. The fourth-order valence-corrected chi connectivity index (χ4v) is 5.20. The Balaban J connectivity index is 2.46. The number of methoxy groups -OCH3 is 1. The molecule has 0 aliphatic heterocycles. The molecule has 2 rings (SSSR count). The molecule has 0 saturated heterocycles. The lowest BCUT2D eigenvalue weighted by Crippen LogP contribution is -2.52. The molecular formula is C25H32Cl3N3O5S. The molecule has 2 amide bonds. The summed E-state index contributed by atoms with van der Waals surface area (Å²) in [7, 11) is -2.42. The van der Waals surface area contributed by atoms with Crippen molar-refractivity contribution in [1.29, 1.82) is 0 Å². The zero-order valence-corrected chi connectivity index (χ0v) is 24.3. The molecule has 12 heteroatoms. The number of halogens is 3. The number of nitrogens with zero attached hydrogens (tertiary/aromatic N) is 2. The van der Waals surface area contributed by atoms with Crippen molar-refractivity contribution in [1.82, 2.24) is 10.2 Å². The monoisotopic (exact) mass is 591 g/mol. The van der Waals surface area contributed by atoms with Crippen molar-refractivity contribution in [2.45, 2.75) is 45.7 Å². The van der Waals surface area contributed by atoms with Crippen molar-refractivity contribution in [3.8, 4) is 5.75 Å². The zero-order chi connectivity index (χ0) is 27.8. The van der Waals surface area contributed by atoms with Crippen LogP contribution in [0.15, 0.2) is 36.4 Å². The molecule has 2 aromatic rings. The summed E-state index contributed by atoms with van der Waals surface area (Å²) in [4.78, 5) is 28.2. The highest BCUT2D eigenvalue weighted by Gasteiger charge is 2.32. The van der Waals surface area contributed by atoms with Gasteiger partial charge in [0.2, 0.25) is 21.8 Å². The second-order valence-electron chi connectivity index (χ2n) is 8.43. The van der Waals surface area contributed by atoms with Gasteiger partial charge in [0.05, 0.1) is 34.1 Å². The Labute approximate surface area is 233 Å². The minimum Gasteiger partial charge on any atom is -0.497 e. The number of unbranched alkanes of at least 4 members (excludes halogenated alkanes) is 1. The molecule has 0 aliphatic carbocycles. The molecule has 0 aromatic heterocycles. The molecular weight excluding hydrogens is 561 g/mol. The Morgan fingerprint density at radius 2 is 1.65 bits per heavy atom. The van der Waals surface area contributed by atoms with Crippen LogP contribution >= 0.6 is 34.8 Å². The highest BCUT2D eigenvalue weighted by molar-refractivity contribution is 7.92. The molecule has 1 N–H and O–H groups in total. The van der Waals surface area contributed by atoms with Crippen LogP contribution in [-0.4, -0.2) is 57.6 Å². The molecule has 0 saturated carbocycles. The van der Waals surface area contributed by atoms with E-state index in [0.29, 0.717) is 18.7 Å². The van der Waals surface area contributed by atoms with Gasteiger partial charge in [-0.15, -0.1) is 0 Å². The third-order valence-electron chi connectivity index (χ3n) is 5.67. The summed E-state index contributed by atoms with van der Waals surface area (Å²) >= 11 is 18.4. The predicted molar refractivity (Wildman–Crippen MR) is 149 cm³/mol. The molecule has 1 unspecified atom stereocenters. The molecule has 1 atom stereocenters. The van der Waals surface area contributed by atoms with E-state index < -0.39 is 28.5 Å². The lowest BCUT2D eigenvalue weighted by molar-refractivity contribution is -0.140. The lowest BCUT2D eigenvalue weighted by atomic mass is 10.1. The van der Waals surface area contributed by atoms with Crippen molar-refractivity contribution in [3.63, 3.8) is 0 Å². The van der Waals surface area contributed by atoms with Crippen molar-refractivity contribution in [2.24, 2.45) is 0 Å². The van der Waals surface area contributed by atoms with E-state index in [9.17, 15) is 18.0 Å². The van der Waals surface area contributed by atoms with E-state index in [2.05, 4.69) is 5.32 Å². The Morgan fingerprint density at radius 1 is 1.03 bits per heavy atom. The van der Waals surface area contributed by atoms with Gasteiger partial charge in [-0.2, -0.15) is 0 Å². The third-order valence-corrected chi connectivity index (χ3v) is 7.82. The van der Waals surface area contributed by atoms with Gasteiger partial charge in [-0.05, 0) is 42.7 Å². The van der Waals surface area contributed by atoms with Gasteiger partial charge in [-0.1, -0.05) is 67.2 Å². The molecule has 0 radical (unpaired) electrons. The summed E-state index contributed by atoms with van der Waals surface area (Å²) in [6, 6.07) is 8.85. The number of ether oxygens (including phenoxy) is 1. The summed E-state index contributed by atoms with van der Waals surface area (Å²) < 4.78 is 31.5. The first-order valence-corrected chi connectivity index (χ1v) is 14.7. The number of rotatable bonds is 13. The van der Waals surface area contributed by atoms with E-state index in [0.717, 1.165) is 29.0 Å². The van der Waals surface area contributed by atoms with Gasteiger partial charge in [-0.3, -0.25) is 13.9 Å². The van der Waals surface area contributed by atoms with Crippen molar-refractivity contribution >= 4 is 62.3 Å². The number of benzene rings is 2. The number of nitrogens with one attached hydrogen (secondary N) is 1. The number of hydrogen-bond acceptors (Lipinski definition) is 5. The quantitative estimate of drug-likeness (QED) is 0.257. The Bertz CT molecular complexity index is 1190. The molecule has 8 nitrogen and oxygen atoms in total. The van der Waals surface area contributed by atoms with Gasteiger partial charge >= 0.3 is 0 Å². The molecule has 2 aromatic carbocycles. The van der Waals surface area contributed by atoms with Gasteiger partial charge in [0.25, 0.3) is 0 Å². The van der Waals surface area contributed by atoms with Gasteiger partial charge in [0.15, 0.2) is 0 Å². The predicted octanol–water partition coefficient (Wildman–Crippen LogP) is 5.15. The number of sulfonamides is 1. The van der Waals surface area contributed by atoms with Crippen LogP contribution < -0.4 is 14.4 Å². The van der Waals surface area contributed by atoms with E-state index >= 15 is 0 Å². The van der Waals surface area contributed by atoms with Crippen LogP contribution in [0.1, 0.15) is 38.7 Å². The summed E-state index contributed by atoms with van der Waals surface area (Å²) in [5, 5.41) is 3.11. The number of carbonyl (C=O) groups is 2. The standard InChI is InChI=1S/C25H32Cl3N3O5S/c1-5-7-12-29-25(33)22(6-2)30(15-17-8-10-18(36-3)11-9-17)24(32)16-31(37(4,34)35)23-14-20(27)19(26)13-21(23)28/h8-11,13-14,22H,5-7,12,15-16H2,1-4H3,(H,29,33). The van der Waals surface area contributed by atoms with E-state index in [1.165, 1.54) is 17.0 Å². The largest absolute Gasteiger partial charge is 0.497 e. The van der Waals surface area contributed by atoms with Crippen LogP contribution in [0, 0.1) is 0 Å².